The summed E-state index contributed by atoms with van der Waals surface area (Å²) in [7, 11) is 0. The Morgan fingerprint density at radius 2 is 2.18 bits per heavy atom. The predicted molar refractivity (Wildman–Crippen MR) is 94.4 cm³/mol. The zero-order valence-corrected chi connectivity index (χ0v) is 14.4. The summed E-state index contributed by atoms with van der Waals surface area (Å²) in [6, 6.07) is -0.223. The Morgan fingerprint density at radius 1 is 1.43 bits per heavy atom. The molecule has 0 spiro atoms. The maximum atomic E-state index is 13.7. The van der Waals surface area contributed by atoms with E-state index in [4.69, 9.17) is 10.2 Å². The summed E-state index contributed by atoms with van der Waals surface area (Å²) in [6.07, 6.45) is -3.64. The molecule has 11 heteroatoms. The molecule has 0 bridgehead atoms. The van der Waals surface area contributed by atoms with E-state index in [0.717, 1.165) is 18.3 Å². The summed E-state index contributed by atoms with van der Waals surface area (Å²) >= 11 is 0. The first-order chi connectivity index (χ1) is 13.2. The van der Waals surface area contributed by atoms with Crippen LogP contribution in [0, 0.1) is 5.82 Å². The maximum Gasteiger partial charge on any atom is 0.487 e. The van der Waals surface area contributed by atoms with E-state index in [-0.39, 0.29) is 34.6 Å². The van der Waals surface area contributed by atoms with Crippen LogP contribution in [0.1, 0.15) is 24.3 Å². The van der Waals surface area contributed by atoms with Crippen LogP contribution in [0.15, 0.2) is 33.3 Å². The molecule has 4 N–H and O–H groups in total. The van der Waals surface area contributed by atoms with Gasteiger partial charge in [-0.05, 0) is 24.6 Å². The van der Waals surface area contributed by atoms with Crippen molar-refractivity contribution in [2.45, 2.75) is 25.6 Å². The van der Waals surface area contributed by atoms with Gasteiger partial charge in [0.15, 0.2) is 17.6 Å². The van der Waals surface area contributed by atoms with Gasteiger partial charge in [-0.3, -0.25) is 11.1 Å². The van der Waals surface area contributed by atoms with Crippen LogP contribution < -0.4 is 21.0 Å². The molecule has 2 heterocycles. The van der Waals surface area contributed by atoms with Gasteiger partial charge in [0.1, 0.15) is 23.4 Å². The van der Waals surface area contributed by atoms with Crippen molar-refractivity contribution < 1.29 is 26.8 Å². The number of hydrogen-bond donors (Lipinski definition) is 3. The number of allylic oxidation sites excluding steroid dienone is 1. The van der Waals surface area contributed by atoms with Gasteiger partial charge in [-0.1, -0.05) is 11.9 Å². The topological polar surface area (TPSA) is 107 Å². The molecule has 0 fully saturated rings. The van der Waals surface area contributed by atoms with E-state index in [2.05, 4.69) is 20.8 Å². The van der Waals surface area contributed by atoms with Gasteiger partial charge in [0.25, 0.3) is 0 Å². The lowest BCUT2D eigenvalue weighted by Crippen LogP contribution is -2.44. The largest absolute Gasteiger partial charge is 0.487 e. The van der Waals surface area contributed by atoms with Gasteiger partial charge in [0.2, 0.25) is 0 Å². The number of nitrogens with zero attached hydrogens (tertiary/aromatic N) is 2. The minimum atomic E-state index is -4.87. The molecular weight excluding hydrogens is 382 g/mol. The van der Waals surface area contributed by atoms with E-state index in [1.165, 1.54) is 6.07 Å². The van der Waals surface area contributed by atoms with Gasteiger partial charge in [0.05, 0.1) is 0 Å². The molecule has 0 saturated heterocycles. The van der Waals surface area contributed by atoms with Crippen LogP contribution >= 0.6 is 0 Å². The van der Waals surface area contributed by atoms with Crippen LogP contribution in [-0.4, -0.2) is 30.3 Å². The number of aryl methyl sites for hydroxylation is 1. The number of rotatable bonds is 4. The van der Waals surface area contributed by atoms with Crippen molar-refractivity contribution in [3.63, 3.8) is 0 Å². The number of benzene rings is 1. The number of nitrogens with two attached hydrogens (primary N) is 1. The highest BCUT2D eigenvalue weighted by Gasteiger charge is 2.45. The molecule has 3 rings (SSSR count). The highest BCUT2D eigenvalue weighted by atomic mass is 19.4. The van der Waals surface area contributed by atoms with E-state index in [9.17, 15) is 22.4 Å². The highest BCUT2D eigenvalue weighted by molar-refractivity contribution is 6.03. The maximum absolute atomic E-state index is 13.7. The van der Waals surface area contributed by atoms with E-state index < -0.39 is 29.8 Å². The number of aliphatic imine (C=N–C) groups is 1. The van der Waals surface area contributed by atoms with Crippen LogP contribution in [0.3, 0.4) is 0 Å². The fourth-order valence-corrected chi connectivity index (χ4v) is 2.69. The number of furan rings is 1. The molecule has 1 unspecified atom stereocenters. The molecule has 146 valence electrons. The second kappa shape index (κ2) is 7.22. The highest BCUT2D eigenvalue weighted by Crippen LogP contribution is 2.39. The minimum Gasteiger partial charge on any atom is -0.458 e. The van der Waals surface area contributed by atoms with Gasteiger partial charge in [-0.25, -0.2) is 9.18 Å². The zero-order chi connectivity index (χ0) is 20.5. The second-order valence-electron chi connectivity index (χ2n) is 5.77. The molecule has 0 aliphatic carbocycles. The van der Waals surface area contributed by atoms with Crippen molar-refractivity contribution >= 4 is 35.0 Å². The molecule has 1 aromatic heterocycles. The molecule has 0 radical (unpaired) electrons. The molecule has 2 aromatic rings. The second-order valence-corrected chi connectivity index (χ2v) is 5.77. The number of halogens is 4. The summed E-state index contributed by atoms with van der Waals surface area (Å²) in [5.41, 5.74) is 5.45. The van der Waals surface area contributed by atoms with Crippen molar-refractivity contribution in [2.75, 3.05) is 0 Å². The minimum absolute atomic E-state index is 0.0741. The lowest BCUT2D eigenvalue weighted by Gasteiger charge is -2.21. The van der Waals surface area contributed by atoms with Gasteiger partial charge in [-0.2, -0.15) is 17.8 Å². The van der Waals surface area contributed by atoms with Gasteiger partial charge in [0, 0.05) is 10.9 Å². The summed E-state index contributed by atoms with van der Waals surface area (Å²) in [5, 5.41) is 4.17. The lowest BCUT2D eigenvalue weighted by molar-refractivity contribution is -0.158. The van der Waals surface area contributed by atoms with Crippen LogP contribution in [0.2, 0.25) is 0 Å². The number of fused-ring (bicyclic) bond motifs is 1. The number of carbonyl (C=O) groups is 1. The first-order valence-corrected chi connectivity index (χ1v) is 8.04. The average Bonchev–Trinajstić information content (AvgIpc) is 2.97. The Hall–Kier alpha value is -3.55. The van der Waals surface area contributed by atoms with E-state index >= 15 is 0 Å². The van der Waals surface area contributed by atoms with E-state index in [1.807, 2.05) is 5.32 Å². The Morgan fingerprint density at radius 3 is 2.79 bits per heavy atom. The molecule has 7 nitrogen and oxygen atoms in total. The third-order valence-corrected chi connectivity index (χ3v) is 3.87. The molecule has 2 amide bonds. The average molecular weight is 396 g/mol. The smallest absolute Gasteiger partial charge is 0.458 e. The number of nitrogens with one attached hydrogen (secondary N) is 2. The molecule has 1 aromatic carbocycles. The van der Waals surface area contributed by atoms with Crippen molar-refractivity contribution in [1.29, 1.82) is 0 Å². The standard InChI is InChI=1S/C17H13F4N5O2/c1-2-10-11-5-8(18)3-4-12(11)28-13(10)14(17(19,20)21)26-16(27)25-9-6-23-15(22)24-7-9/h3-6,14,22H,2H2,1H3,(H2,25,26,27)/p+1. The molecular formula is C17H14F4N5O2+. The quantitative estimate of drug-likeness (QED) is 0.544. The Labute approximate surface area is 155 Å². The predicted octanol–water partition coefficient (Wildman–Crippen LogP) is 2.06. The van der Waals surface area contributed by atoms with Crippen molar-refractivity contribution in [1.82, 2.24) is 15.3 Å². The lowest BCUT2D eigenvalue weighted by atomic mass is 10.0. The molecule has 0 saturated carbocycles. The zero-order valence-electron chi connectivity index (χ0n) is 14.4. The fourth-order valence-electron chi connectivity index (χ4n) is 2.69. The molecule has 1 atom stereocenters. The monoisotopic (exact) mass is 396 g/mol. The summed E-state index contributed by atoms with van der Waals surface area (Å²) in [6.45, 7) is 1.60. The number of alkyl halides is 3. The van der Waals surface area contributed by atoms with Crippen molar-refractivity contribution in [3.8, 4) is 0 Å². The van der Waals surface area contributed by atoms with Crippen LogP contribution in [0.25, 0.3) is 11.0 Å². The van der Waals surface area contributed by atoms with Crippen molar-refractivity contribution in [3.05, 3.63) is 41.0 Å². The van der Waals surface area contributed by atoms with Crippen molar-refractivity contribution in [2.24, 2.45) is 10.7 Å². The fraction of sp³-hybridized carbons (Fsp3) is 0.235. The number of guanidine groups is 1. The summed E-state index contributed by atoms with van der Waals surface area (Å²) in [5.74, 6) is 1.08. The van der Waals surface area contributed by atoms with E-state index in [1.54, 1.807) is 6.92 Å². The summed E-state index contributed by atoms with van der Waals surface area (Å²) < 4.78 is 63.3. The van der Waals surface area contributed by atoms with Crippen LogP contribution in [0.5, 0.6) is 0 Å². The SMILES string of the molecule is CCc1c(C(NC(=O)NC2=C=[N+]=C(N)N=C2)C(F)(F)F)oc2ccc(F)cc12. The molecule has 1 aliphatic heterocycles. The normalized spacial score (nSPS) is 14.6. The molecule has 28 heavy (non-hydrogen) atoms. The van der Waals surface area contributed by atoms with Crippen LogP contribution in [-0.2, 0) is 6.42 Å². The van der Waals surface area contributed by atoms with E-state index in [0.29, 0.717) is 0 Å². The van der Waals surface area contributed by atoms with Gasteiger partial charge < -0.3 is 9.73 Å². The first kappa shape index (κ1) is 19.2. The summed E-state index contributed by atoms with van der Waals surface area (Å²) in [4.78, 5) is 15.7. The number of hydrogen-bond acceptors (Lipinski definition) is 4. The van der Waals surface area contributed by atoms with Gasteiger partial charge >= 0.3 is 18.2 Å². The van der Waals surface area contributed by atoms with Crippen LogP contribution in [0.4, 0.5) is 22.4 Å². The third kappa shape index (κ3) is 3.90. The first-order valence-electron chi connectivity index (χ1n) is 8.04. The third-order valence-electron chi connectivity index (χ3n) is 3.87. The van der Waals surface area contributed by atoms with Gasteiger partial charge in [-0.15, -0.1) is 0 Å². The Balaban J connectivity index is 1.96. The Bertz CT molecular complexity index is 1070. The number of urea groups is 1. The Kier molecular flexibility index (Phi) is 4.96. The molecule has 1 aliphatic rings. The number of amides is 2. The number of carbonyl (C=O) groups excluding carboxylic acids is 1.